The quantitative estimate of drug-likeness (QED) is 0.589. The zero-order valence-corrected chi connectivity index (χ0v) is 11.8. The van der Waals surface area contributed by atoms with Crippen LogP contribution in [-0.2, 0) is 14.8 Å². The van der Waals surface area contributed by atoms with Crippen molar-refractivity contribution in [3.8, 4) is 0 Å². The molecule has 0 aromatic carbocycles. The summed E-state index contributed by atoms with van der Waals surface area (Å²) in [5, 5.41) is 5.45. The molecule has 0 aliphatic carbocycles. The summed E-state index contributed by atoms with van der Waals surface area (Å²) in [4.78, 5) is 11.5. The molecule has 1 heterocycles. The van der Waals surface area contributed by atoms with Crippen molar-refractivity contribution in [1.82, 2.24) is 15.4 Å². The molecule has 1 rings (SSSR count). The average Bonchev–Trinajstić information content (AvgIpc) is 2.82. The lowest BCUT2D eigenvalue weighted by atomic mass is 10.2. The maximum atomic E-state index is 11.8. The lowest BCUT2D eigenvalue weighted by Gasteiger charge is -2.13. The second-order valence-corrected chi connectivity index (χ2v) is 6.73. The third kappa shape index (κ3) is 4.91. The fourth-order valence-corrected chi connectivity index (χ4v) is 3.15. The standard InChI is InChI=1S/C11H23N3O3S/c1-3-9(2)14-11(15)5-7-13-18(16,17)10-4-6-12-8-10/h9-10,12-13H,3-8H2,1-2H3,(H,14,15). The highest BCUT2D eigenvalue weighted by Gasteiger charge is 2.28. The molecule has 106 valence electrons. The Morgan fingerprint density at radius 3 is 2.78 bits per heavy atom. The molecule has 1 aliphatic heterocycles. The predicted molar refractivity (Wildman–Crippen MR) is 70.7 cm³/mol. The molecule has 7 heteroatoms. The maximum absolute atomic E-state index is 11.8. The fourth-order valence-electron chi connectivity index (χ4n) is 1.77. The van der Waals surface area contributed by atoms with Gasteiger partial charge in [0.05, 0.1) is 5.25 Å². The molecule has 6 nitrogen and oxygen atoms in total. The number of carbonyl (C=O) groups excluding carboxylic acids is 1. The van der Waals surface area contributed by atoms with Gasteiger partial charge in [-0.05, 0) is 26.3 Å². The molecule has 0 saturated carbocycles. The van der Waals surface area contributed by atoms with Gasteiger partial charge in [0.2, 0.25) is 15.9 Å². The van der Waals surface area contributed by atoms with Crippen LogP contribution in [0.4, 0.5) is 0 Å². The van der Waals surface area contributed by atoms with Gasteiger partial charge >= 0.3 is 0 Å². The highest BCUT2D eigenvalue weighted by atomic mass is 32.2. The molecule has 0 aromatic heterocycles. The number of hydrogen-bond acceptors (Lipinski definition) is 4. The number of sulfonamides is 1. The molecule has 2 atom stereocenters. The van der Waals surface area contributed by atoms with Gasteiger partial charge in [0.25, 0.3) is 0 Å². The van der Waals surface area contributed by atoms with Gasteiger partial charge < -0.3 is 10.6 Å². The van der Waals surface area contributed by atoms with Gasteiger partial charge in [-0.15, -0.1) is 0 Å². The number of hydrogen-bond donors (Lipinski definition) is 3. The van der Waals surface area contributed by atoms with Crippen LogP contribution in [0, 0.1) is 0 Å². The molecular weight excluding hydrogens is 254 g/mol. The van der Waals surface area contributed by atoms with E-state index in [-0.39, 0.29) is 30.2 Å². The third-order valence-electron chi connectivity index (χ3n) is 3.13. The molecule has 1 amide bonds. The Morgan fingerprint density at radius 1 is 1.50 bits per heavy atom. The van der Waals surface area contributed by atoms with E-state index in [1.165, 1.54) is 0 Å². The summed E-state index contributed by atoms with van der Waals surface area (Å²) in [5.41, 5.74) is 0. The largest absolute Gasteiger partial charge is 0.354 e. The van der Waals surface area contributed by atoms with Crippen molar-refractivity contribution >= 4 is 15.9 Å². The Balaban J connectivity index is 2.26. The van der Waals surface area contributed by atoms with E-state index in [9.17, 15) is 13.2 Å². The minimum absolute atomic E-state index is 0.114. The molecule has 2 unspecified atom stereocenters. The molecule has 1 saturated heterocycles. The lowest BCUT2D eigenvalue weighted by Crippen LogP contribution is -2.39. The molecular formula is C11H23N3O3S. The first-order valence-electron chi connectivity index (χ1n) is 6.44. The Labute approximate surface area is 109 Å². The molecule has 3 N–H and O–H groups in total. The van der Waals surface area contributed by atoms with Gasteiger partial charge in [0, 0.05) is 25.6 Å². The van der Waals surface area contributed by atoms with Gasteiger partial charge in [-0.25, -0.2) is 13.1 Å². The zero-order chi connectivity index (χ0) is 13.6. The van der Waals surface area contributed by atoms with Gasteiger partial charge in [-0.2, -0.15) is 0 Å². The summed E-state index contributed by atoms with van der Waals surface area (Å²) in [6, 6.07) is 0.133. The monoisotopic (exact) mass is 277 g/mol. The summed E-state index contributed by atoms with van der Waals surface area (Å²) >= 11 is 0. The molecule has 0 spiro atoms. The van der Waals surface area contributed by atoms with Crippen molar-refractivity contribution in [2.45, 2.75) is 44.4 Å². The smallest absolute Gasteiger partial charge is 0.221 e. The normalized spacial score (nSPS) is 21.8. The van der Waals surface area contributed by atoms with E-state index in [1.54, 1.807) is 0 Å². The van der Waals surface area contributed by atoms with Gasteiger partial charge in [0.15, 0.2) is 0 Å². The van der Waals surface area contributed by atoms with E-state index in [1.807, 2.05) is 13.8 Å². The Kier molecular flexibility index (Phi) is 6.04. The van der Waals surface area contributed by atoms with E-state index in [4.69, 9.17) is 0 Å². The van der Waals surface area contributed by atoms with Crippen LogP contribution in [0.25, 0.3) is 0 Å². The third-order valence-corrected chi connectivity index (χ3v) is 5.02. The van der Waals surface area contributed by atoms with Crippen LogP contribution in [-0.4, -0.2) is 45.3 Å². The van der Waals surface area contributed by atoms with E-state index < -0.39 is 10.0 Å². The Hall–Kier alpha value is -0.660. The minimum Gasteiger partial charge on any atom is -0.354 e. The summed E-state index contributed by atoms with van der Waals surface area (Å²) in [6.07, 6.45) is 1.68. The molecule has 0 bridgehead atoms. The molecule has 18 heavy (non-hydrogen) atoms. The first kappa shape index (κ1) is 15.4. The van der Waals surface area contributed by atoms with Crippen LogP contribution in [0.15, 0.2) is 0 Å². The van der Waals surface area contributed by atoms with Crippen LogP contribution in [0.2, 0.25) is 0 Å². The number of carbonyl (C=O) groups is 1. The maximum Gasteiger partial charge on any atom is 0.221 e. The van der Waals surface area contributed by atoms with Crippen LogP contribution in [0.1, 0.15) is 33.1 Å². The van der Waals surface area contributed by atoms with E-state index in [2.05, 4.69) is 15.4 Å². The van der Waals surface area contributed by atoms with E-state index in [0.29, 0.717) is 13.0 Å². The van der Waals surface area contributed by atoms with Crippen molar-refractivity contribution < 1.29 is 13.2 Å². The van der Waals surface area contributed by atoms with Crippen molar-refractivity contribution in [3.63, 3.8) is 0 Å². The highest BCUT2D eigenvalue weighted by Crippen LogP contribution is 2.07. The Bertz CT molecular complexity index is 364. The molecule has 1 aliphatic rings. The Morgan fingerprint density at radius 2 is 2.22 bits per heavy atom. The van der Waals surface area contributed by atoms with Crippen molar-refractivity contribution in [2.75, 3.05) is 19.6 Å². The van der Waals surface area contributed by atoms with Crippen LogP contribution in [0.3, 0.4) is 0 Å². The number of amides is 1. The van der Waals surface area contributed by atoms with Gasteiger partial charge in [-0.1, -0.05) is 6.92 Å². The first-order chi connectivity index (χ1) is 8.45. The van der Waals surface area contributed by atoms with Gasteiger partial charge in [-0.3, -0.25) is 4.79 Å². The number of nitrogens with one attached hydrogen (secondary N) is 3. The molecule has 0 radical (unpaired) electrons. The summed E-state index contributed by atoms with van der Waals surface area (Å²) in [5.74, 6) is -0.114. The van der Waals surface area contributed by atoms with Crippen LogP contribution in [0.5, 0.6) is 0 Å². The predicted octanol–water partition coefficient (Wildman–Crippen LogP) is -0.427. The molecule has 0 aromatic rings. The van der Waals surface area contributed by atoms with Crippen molar-refractivity contribution in [1.29, 1.82) is 0 Å². The van der Waals surface area contributed by atoms with Crippen molar-refractivity contribution in [3.05, 3.63) is 0 Å². The summed E-state index contributed by atoms with van der Waals surface area (Å²) in [7, 11) is -3.28. The van der Waals surface area contributed by atoms with Gasteiger partial charge in [0.1, 0.15) is 0 Å². The summed E-state index contributed by atoms with van der Waals surface area (Å²) in [6.45, 7) is 5.31. The minimum atomic E-state index is -3.28. The second kappa shape index (κ2) is 7.06. The zero-order valence-electron chi connectivity index (χ0n) is 11.0. The summed E-state index contributed by atoms with van der Waals surface area (Å²) < 4.78 is 26.1. The lowest BCUT2D eigenvalue weighted by molar-refractivity contribution is -0.121. The number of rotatable bonds is 7. The first-order valence-corrected chi connectivity index (χ1v) is 7.99. The van der Waals surface area contributed by atoms with E-state index >= 15 is 0 Å². The SMILES string of the molecule is CCC(C)NC(=O)CCNS(=O)(=O)C1CCNC1. The van der Waals surface area contributed by atoms with Crippen LogP contribution >= 0.6 is 0 Å². The van der Waals surface area contributed by atoms with E-state index in [0.717, 1.165) is 13.0 Å². The van der Waals surface area contributed by atoms with Crippen molar-refractivity contribution in [2.24, 2.45) is 0 Å². The molecule has 1 fully saturated rings. The average molecular weight is 277 g/mol. The topological polar surface area (TPSA) is 87.3 Å². The van der Waals surface area contributed by atoms with Crippen LogP contribution < -0.4 is 15.4 Å². The second-order valence-electron chi connectivity index (χ2n) is 4.68. The fraction of sp³-hybridized carbons (Fsp3) is 0.909. The highest BCUT2D eigenvalue weighted by molar-refractivity contribution is 7.90.